The van der Waals surface area contributed by atoms with Crippen molar-refractivity contribution in [2.45, 2.75) is 25.1 Å². The van der Waals surface area contributed by atoms with Gasteiger partial charge in [0.05, 0.1) is 5.69 Å². The van der Waals surface area contributed by atoms with Crippen molar-refractivity contribution in [3.05, 3.63) is 65.2 Å². The Morgan fingerprint density at radius 3 is 2.54 bits per heavy atom. The fourth-order valence-corrected chi connectivity index (χ4v) is 5.26. The minimum absolute atomic E-state index is 0.130. The summed E-state index contributed by atoms with van der Waals surface area (Å²) >= 11 is 0.827. The van der Waals surface area contributed by atoms with E-state index in [1.807, 2.05) is 32.0 Å². The van der Waals surface area contributed by atoms with Gasteiger partial charge in [-0.2, -0.15) is 8.42 Å². The number of para-hydroxylation sites is 1. The maximum absolute atomic E-state index is 13.1. The largest absolute Gasteiger partial charge is 0.296 e. The second kappa shape index (κ2) is 8.07. The third-order valence-corrected chi connectivity index (χ3v) is 7.16. The van der Waals surface area contributed by atoms with Crippen LogP contribution < -0.4 is 9.62 Å². The molecule has 1 heterocycles. The Hall–Kier alpha value is -2.78. The SMILES string of the molecule is CCN(c1ccccc1C)S(=O)(=O)c1nnc(NC(=O)c2cccc(C)c2)s1. The van der Waals surface area contributed by atoms with E-state index in [9.17, 15) is 13.2 Å². The molecule has 0 unspecified atom stereocenters. The van der Waals surface area contributed by atoms with E-state index in [0.717, 1.165) is 22.5 Å². The van der Waals surface area contributed by atoms with Crippen LogP contribution in [0.4, 0.5) is 10.8 Å². The van der Waals surface area contributed by atoms with Crippen LogP contribution in [-0.2, 0) is 10.0 Å². The van der Waals surface area contributed by atoms with Crippen molar-refractivity contribution in [1.29, 1.82) is 0 Å². The quantitative estimate of drug-likeness (QED) is 0.620. The number of carbonyl (C=O) groups is 1. The normalized spacial score (nSPS) is 11.2. The summed E-state index contributed by atoms with van der Waals surface area (Å²) in [6.45, 7) is 5.74. The summed E-state index contributed by atoms with van der Waals surface area (Å²) in [6.07, 6.45) is 0. The molecule has 28 heavy (non-hydrogen) atoms. The first-order chi connectivity index (χ1) is 13.3. The zero-order valence-electron chi connectivity index (χ0n) is 15.7. The van der Waals surface area contributed by atoms with E-state index in [0.29, 0.717) is 11.3 Å². The number of nitrogens with zero attached hydrogens (tertiary/aromatic N) is 3. The average molecular weight is 417 g/mol. The van der Waals surface area contributed by atoms with Crippen LogP contribution in [0.15, 0.2) is 52.9 Å². The van der Waals surface area contributed by atoms with Gasteiger partial charge in [0, 0.05) is 12.1 Å². The molecular weight excluding hydrogens is 396 g/mol. The predicted molar refractivity (Wildman–Crippen MR) is 110 cm³/mol. The summed E-state index contributed by atoms with van der Waals surface area (Å²) in [4.78, 5) is 12.3. The van der Waals surface area contributed by atoms with Crippen molar-refractivity contribution in [1.82, 2.24) is 10.2 Å². The topological polar surface area (TPSA) is 92.3 Å². The Balaban J connectivity index is 1.85. The minimum atomic E-state index is -3.89. The standard InChI is InChI=1S/C19H20N4O3S2/c1-4-23(16-11-6-5-9-14(16)3)28(25,26)19-22-21-18(27-19)20-17(24)15-10-7-8-13(2)12-15/h5-12H,4H2,1-3H3,(H,20,21,24). The van der Waals surface area contributed by atoms with Crippen molar-refractivity contribution in [3.63, 3.8) is 0 Å². The molecule has 0 aliphatic rings. The highest BCUT2D eigenvalue weighted by Crippen LogP contribution is 2.29. The van der Waals surface area contributed by atoms with Crippen molar-refractivity contribution in [2.24, 2.45) is 0 Å². The molecule has 0 radical (unpaired) electrons. The number of anilines is 2. The van der Waals surface area contributed by atoms with Gasteiger partial charge in [-0.1, -0.05) is 47.2 Å². The summed E-state index contributed by atoms with van der Waals surface area (Å²) in [5.41, 5.74) is 2.84. The number of carbonyl (C=O) groups excluding carboxylic acids is 1. The molecule has 0 atom stereocenters. The van der Waals surface area contributed by atoms with Crippen LogP contribution in [-0.4, -0.2) is 31.1 Å². The second-order valence-electron chi connectivity index (χ2n) is 6.15. The fraction of sp³-hybridized carbons (Fsp3) is 0.211. The Kier molecular flexibility index (Phi) is 5.76. The van der Waals surface area contributed by atoms with E-state index in [2.05, 4.69) is 15.5 Å². The Labute approximate surface area is 168 Å². The summed E-state index contributed by atoms with van der Waals surface area (Å²) in [5.74, 6) is -0.366. The molecule has 0 bridgehead atoms. The lowest BCUT2D eigenvalue weighted by Gasteiger charge is -2.22. The van der Waals surface area contributed by atoms with Gasteiger partial charge in [0.1, 0.15) is 0 Å². The van der Waals surface area contributed by atoms with Crippen molar-refractivity contribution < 1.29 is 13.2 Å². The first-order valence-electron chi connectivity index (χ1n) is 8.63. The number of hydrogen-bond donors (Lipinski definition) is 1. The predicted octanol–water partition coefficient (Wildman–Crippen LogP) is 3.62. The second-order valence-corrected chi connectivity index (χ2v) is 9.17. The van der Waals surface area contributed by atoms with Crippen LogP contribution >= 0.6 is 11.3 Å². The molecule has 0 saturated carbocycles. The highest BCUT2D eigenvalue weighted by Gasteiger charge is 2.29. The fourth-order valence-electron chi connectivity index (χ4n) is 2.73. The van der Waals surface area contributed by atoms with Crippen molar-refractivity contribution >= 4 is 38.1 Å². The molecule has 7 nitrogen and oxygen atoms in total. The smallest absolute Gasteiger partial charge is 0.293 e. The highest BCUT2D eigenvalue weighted by atomic mass is 32.2. The maximum Gasteiger partial charge on any atom is 0.293 e. The molecule has 3 rings (SSSR count). The van der Waals surface area contributed by atoms with E-state index < -0.39 is 10.0 Å². The summed E-state index contributed by atoms with van der Waals surface area (Å²) in [6, 6.07) is 14.3. The van der Waals surface area contributed by atoms with Gasteiger partial charge in [-0.15, -0.1) is 10.2 Å². The average Bonchev–Trinajstić information content (AvgIpc) is 3.13. The molecule has 1 amide bonds. The number of hydrogen-bond acceptors (Lipinski definition) is 6. The number of rotatable bonds is 6. The molecule has 0 fully saturated rings. The molecule has 0 aliphatic carbocycles. The van der Waals surface area contributed by atoms with E-state index in [-0.39, 0.29) is 21.9 Å². The Morgan fingerprint density at radius 2 is 1.86 bits per heavy atom. The van der Waals surface area contributed by atoms with E-state index in [1.165, 1.54) is 4.31 Å². The molecular formula is C19H20N4O3S2. The molecule has 0 spiro atoms. The van der Waals surface area contributed by atoms with Crippen LogP contribution in [0.1, 0.15) is 28.4 Å². The molecule has 3 aromatic rings. The van der Waals surface area contributed by atoms with Crippen molar-refractivity contribution in [3.8, 4) is 0 Å². The van der Waals surface area contributed by atoms with Crippen LogP contribution in [0, 0.1) is 13.8 Å². The minimum Gasteiger partial charge on any atom is -0.296 e. The first-order valence-corrected chi connectivity index (χ1v) is 10.9. The van der Waals surface area contributed by atoms with Crippen LogP contribution in [0.3, 0.4) is 0 Å². The molecule has 146 valence electrons. The van der Waals surface area contributed by atoms with Crippen LogP contribution in [0.25, 0.3) is 0 Å². The lowest BCUT2D eigenvalue weighted by molar-refractivity contribution is 0.102. The Morgan fingerprint density at radius 1 is 1.11 bits per heavy atom. The number of amides is 1. The van der Waals surface area contributed by atoms with Gasteiger partial charge in [0.2, 0.25) is 5.13 Å². The van der Waals surface area contributed by atoms with E-state index in [4.69, 9.17) is 0 Å². The number of benzene rings is 2. The maximum atomic E-state index is 13.1. The number of nitrogens with one attached hydrogen (secondary N) is 1. The molecule has 9 heteroatoms. The van der Waals surface area contributed by atoms with Gasteiger partial charge in [-0.3, -0.25) is 14.4 Å². The van der Waals surface area contributed by atoms with E-state index in [1.54, 1.807) is 37.3 Å². The van der Waals surface area contributed by atoms with Gasteiger partial charge in [0.15, 0.2) is 0 Å². The first kappa shape index (κ1) is 20.0. The van der Waals surface area contributed by atoms with Crippen LogP contribution in [0.5, 0.6) is 0 Å². The monoisotopic (exact) mass is 416 g/mol. The van der Waals surface area contributed by atoms with Gasteiger partial charge in [-0.05, 0) is 44.5 Å². The number of sulfonamides is 1. The van der Waals surface area contributed by atoms with Gasteiger partial charge < -0.3 is 0 Å². The van der Waals surface area contributed by atoms with Crippen LogP contribution in [0.2, 0.25) is 0 Å². The third kappa shape index (κ3) is 4.05. The van der Waals surface area contributed by atoms with Gasteiger partial charge in [-0.25, -0.2) is 0 Å². The van der Waals surface area contributed by atoms with E-state index >= 15 is 0 Å². The molecule has 0 aliphatic heterocycles. The lowest BCUT2D eigenvalue weighted by atomic mass is 10.1. The van der Waals surface area contributed by atoms with Gasteiger partial charge in [0.25, 0.3) is 20.3 Å². The summed E-state index contributed by atoms with van der Waals surface area (Å²) < 4.78 is 27.2. The summed E-state index contributed by atoms with van der Waals surface area (Å²) in [5, 5.41) is 10.4. The molecule has 0 saturated heterocycles. The highest BCUT2D eigenvalue weighted by molar-refractivity contribution is 7.94. The number of aromatic nitrogens is 2. The van der Waals surface area contributed by atoms with Crippen molar-refractivity contribution in [2.75, 3.05) is 16.2 Å². The molecule has 1 N–H and O–H groups in total. The molecule has 1 aromatic heterocycles. The number of aryl methyl sites for hydroxylation is 2. The zero-order valence-corrected chi connectivity index (χ0v) is 17.3. The zero-order chi connectivity index (χ0) is 20.3. The summed E-state index contributed by atoms with van der Waals surface area (Å²) in [7, 11) is -3.89. The molecule has 2 aromatic carbocycles. The van der Waals surface area contributed by atoms with Gasteiger partial charge >= 0.3 is 0 Å². The Bertz CT molecular complexity index is 1110. The lowest BCUT2D eigenvalue weighted by Crippen LogP contribution is -2.31. The third-order valence-electron chi connectivity index (χ3n) is 4.09.